The van der Waals surface area contributed by atoms with Gasteiger partial charge in [-0.1, -0.05) is 17.7 Å². The van der Waals surface area contributed by atoms with Crippen molar-refractivity contribution < 1.29 is 27.9 Å². The Labute approximate surface area is 232 Å². The molecule has 0 bridgehead atoms. The van der Waals surface area contributed by atoms with Gasteiger partial charge in [-0.3, -0.25) is 19.4 Å². The van der Waals surface area contributed by atoms with Gasteiger partial charge in [0.05, 0.1) is 5.92 Å². The molecule has 0 aromatic heterocycles. The largest absolute Gasteiger partial charge is 0.480 e. The molecule has 10 heteroatoms. The standard InChI is InChI=1S/C29H35ClF3N3O3/c1-17-11-23(31)20(24(32)12-17)14-26(28(38)39)34-7-9-35(10-8-34)27(37)22-16-36(29(2,3)4)15-21(22)19-6-5-18(30)13-25(19)33/h5-6,11-13,21-22,26H,7-10,14-16H2,1-4H3,(H,38,39)/t21-,22+,26-/m0/s1. The summed E-state index contributed by atoms with van der Waals surface area (Å²) in [5.41, 5.74) is 0.398. The first-order chi connectivity index (χ1) is 18.3. The normalized spacial score (nSPS) is 21.8. The number of carbonyl (C=O) groups is 2. The second-order valence-electron chi connectivity index (χ2n) is 11.6. The fraction of sp³-hybridized carbons (Fsp3) is 0.517. The molecule has 4 rings (SSSR count). The Balaban J connectivity index is 1.49. The molecule has 0 saturated carbocycles. The topological polar surface area (TPSA) is 64.1 Å². The van der Waals surface area contributed by atoms with Crippen molar-refractivity contribution in [2.24, 2.45) is 5.92 Å². The van der Waals surface area contributed by atoms with Crippen molar-refractivity contribution in [1.29, 1.82) is 0 Å². The highest BCUT2D eigenvalue weighted by Gasteiger charge is 2.45. The molecule has 0 spiro atoms. The number of rotatable bonds is 6. The SMILES string of the molecule is Cc1cc(F)c(C[C@@H](C(=O)O)N2CCN(C(=O)[C@@H]3CN(C(C)(C)C)C[C@H]3c3ccc(Cl)cc3F)CC2)c(F)c1. The number of halogens is 4. The van der Waals surface area contributed by atoms with Gasteiger partial charge in [0.2, 0.25) is 5.91 Å². The van der Waals surface area contributed by atoms with E-state index in [4.69, 9.17) is 11.6 Å². The lowest BCUT2D eigenvalue weighted by atomic mass is 9.87. The lowest BCUT2D eigenvalue weighted by molar-refractivity contribution is -0.145. The Morgan fingerprint density at radius 1 is 1.00 bits per heavy atom. The number of amides is 1. The minimum absolute atomic E-state index is 0.108. The maximum absolute atomic E-state index is 14.9. The molecular formula is C29H35ClF3N3O3. The molecule has 3 atom stereocenters. The zero-order valence-corrected chi connectivity index (χ0v) is 23.4. The number of aryl methyl sites for hydroxylation is 1. The van der Waals surface area contributed by atoms with E-state index in [-0.39, 0.29) is 55.5 Å². The third-order valence-corrected chi connectivity index (χ3v) is 8.22. The Morgan fingerprint density at radius 2 is 1.62 bits per heavy atom. The number of aliphatic carboxylic acids is 1. The third kappa shape index (κ3) is 6.42. The first-order valence-electron chi connectivity index (χ1n) is 13.2. The van der Waals surface area contributed by atoms with Gasteiger partial charge in [0.15, 0.2) is 0 Å². The van der Waals surface area contributed by atoms with Crippen LogP contribution in [-0.4, -0.2) is 82.5 Å². The van der Waals surface area contributed by atoms with Crippen LogP contribution in [0.15, 0.2) is 30.3 Å². The van der Waals surface area contributed by atoms with Gasteiger partial charge < -0.3 is 10.0 Å². The molecule has 39 heavy (non-hydrogen) atoms. The van der Waals surface area contributed by atoms with E-state index >= 15 is 0 Å². The molecule has 2 aromatic rings. The van der Waals surface area contributed by atoms with Gasteiger partial charge in [-0.25, -0.2) is 13.2 Å². The molecule has 2 aromatic carbocycles. The molecule has 2 fully saturated rings. The van der Waals surface area contributed by atoms with E-state index in [1.807, 2.05) is 0 Å². The maximum Gasteiger partial charge on any atom is 0.321 e. The summed E-state index contributed by atoms with van der Waals surface area (Å²) < 4.78 is 43.8. The fourth-order valence-corrected chi connectivity index (χ4v) is 5.86. The second kappa shape index (κ2) is 11.5. The van der Waals surface area contributed by atoms with Crippen molar-refractivity contribution in [3.05, 3.63) is 69.5 Å². The van der Waals surface area contributed by atoms with Crippen LogP contribution in [-0.2, 0) is 16.0 Å². The van der Waals surface area contributed by atoms with Gasteiger partial charge >= 0.3 is 5.97 Å². The van der Waals surface area contributed by atoms with Crippen LogP contribution in [0.25, 0.3) is 0 Å². The van der Waals surface area contributed by atoms with Crippen molar-refractivity contribution in [2.45, 2.75) is 51.6 Å². The number of likely N-dealkylation sites (tertiary alicyclic amines) is 1. The number of carboxylic acid groups (broad SMARTS) is 1. The van der Waals surface area contributed by atoms with Gasteiger partial charge in [0, 0.05) is 67.7 Å². The molecule has 2 aliphatic heterocycles. The molecule has 2 heterocycles. The van der Waals surface area contributed by atoms with Crippen LogP contribution in [0, 0.1) is 30.3 Å². The average molecular weight is 566 g/mol. The van der Waals surface area contributed by atoms with Crippen LogP contribution < -0.4 is 0 Å². The minimum Gasteiger partial charge on any atom is -0.480 e. The highest BCUT2D eigenvalue weighted by Crippen LogP contribution is 2.39. The summed E-state index contributed by atoms with van der Waals surface area (Å²) >= 11 is 5.97. The van der Waals surface area contributed by atoms with E-state index in [1.54, 1.807) is 28.9 Å². The van der Waals surface area contributed by atoms with Crippen molar-refractivity contribution in [3.63, 3.8) is 0 Å². The van der Waals surface area contributed by atoms with E-state index in [0.29, 0.717) is 29.2 Å². The Bertz CT molecular complexity index is 1220. The van der Waals surface area contributed by atoms with E-state index in [9.17, 15) is 27.9 Å². The summed E-state index contributed by atoms with van der Waals surface area (Å²) in [7, 11) is 0. The van der Waals surface area contributed by atoms with Crippen LogP contribution >= 0.6 is 11.6 Å². The van der Waals surface area contributed by atoms with E-state index in [1.165, 1.54) is 18.2 Å². The van der Waals surface area contributed by atoms with Crippen LogP contribution in [0.4, 0.5) is 13.2 Å². The van der Waals surface area contributed by atoms with Crippen molar-refractivity contribution in [1.82, 2.24) is 14.7 Å². The lowest BCUT2D eigenvalue weighted by Gasteiger charge is -2.39. The molecule has 1 amide bonds. The quantitative estimate of drug-likeness (QED) is 0.549. The number of carboxylic acids is 1. The Morgan fingerprint density at radius 3 is 2.15 bits per heavy atom. The third-order valence-electron chi connectivity index (χ3n) is 7.98. The molecule has 0 aliphatic carbocycles. The summed E-state index contributed by atoms with van der Waals surface area (Å²) in [6, 6.07) is 5.79. The summed E-state index contributed by atoms with van der Waals surface area (Å²) in [5.74, 6) is -4.09. The smallest absolute Gasteiger partial charge is 0.321 e. The summed E-state index contributed by atoms with van der Waals surface area (Å²) in [4.78, 5) is 31.4. The zero-order valence-electron chi connectivity index (χ0n) is 22.7. The Kier molecular flexibility index (Phi) is 8.64. The van der Waals surface area contributed by atoms with Crippen LogP contribution in [0.5, 0.6) is 0 Å². The number of nitrogens with zero attached hydrogens (tertiary/aromatic N) is 3. The molecule has 0 radical (unpaired) electrons. The number of hydrogen-bond donors (Lipinski definition) is 1. The van der Waals surface area contributed by atoms with Crippen molar-refractivity contribution >= 4 is 23.5 Å². The number of benzene rings is 2. The van der Waals surface area contributed by atoms with Gasteiger partial charge in [-0.15, -0.1) is 0 Å². The van der Waals surface area contributed by atoms with Crippen molar-refractivity contribution in [3.8, 4) is 0 Å². The second-order valence-corrected chi connectivity index (χ2v) is 12.0. The predicted molar refractivity (Wildman–Crippen MR) is 143 cm³/mol. The summed E-state index contributed by atoms with van der Waals surface area (Å²) in [5, 5.41) is 10.2. The summed E-state index contributed by atoms with van der Waals surface area (Å²) in [6.45, 7) is 9.75. The van der Waals surface area contributed by atoms with Gasteiger partial charge in [-0.2, -0.15) is 0 Å². The highest BCUT2D eigenvalue weighted by atomic mass is 35.5. The van der Waals surface area contributed by atoms with Gasteiger partial charge in [-0.05, 0) is 63.1 Å². The van der Waals surface area contributed by atoms with Crippen molar-refractivity contribution in [2.75, 3.05) is 39.3 Å². The lowest BCUT2D eigenvalue weighted by Crippen LogP contribution is -2.56. The number of hydrogen-bond acceptors (Lipinski definition) is 4. The van der Waals surface area contributed by atoms with E-state index in [0.717, 1.165) is 0 Å². The van der Waals surface area contributed by atoms with E-state index < -0.39 is 35.4 Å². The summed E-state index contributed by atoms with van der Waals surface area (Å²) in [6.07, 6.45) is -0.317. The van der Waals surface area contributed by atoms with Crippen LogP contribution in [0.1, 0.15) is 43.4 Å². The fourth-order valence-electron chi connectivity index (χ4n) is 5.70. The maximum atomic E-state index is 14.9. The Hall–Kier alpha value is -2.62. The molecule has 0 unspecified atom stereocenters. The average Bonchev–Trinajstić information content (AvgIpc) is 3.29. The zero-order chi connectivity index (χ0) is 28.6. The number of piperazine rings is 1. The molecule has 6 nitrogen and oxygen atoms in total. The molecule has 2 aliphatic rings. The van der Waals surface area contributed by atoms with Gasteiger partial charge in [0.25, 0.3) is 0 Å². The van der Waals surface area contributed by atoms with E-state index in [2.05, 4.69) is 25.7 Å². The molecular weight excluding hydrogens is 531 g/mol. The molecule has 1 N–H and O–H groups in total. The van der Waals surface area contributed by atoms with Crippen LogP contribution in [0.3, 0.4) is 0 Å². The number of carbonyl (C=O) groups excluding carboxylic acids is 1. The molecule has 212 valence electrons. The first-order valence-corrected chi connectivity index (χ1v) is 13.5. The van der Waals surface area contributed by atoms with Crippen LogP contribution in [0.2, 0.25) is 5.02 Å². The monoisotopic (exact) mass is 565 g/mol. The highest BCUT2D eigenvalue weighted by molar-refractivity contribution is 6.30. The van der Waals surface area contributed by atoms with Gasteiger partial charge in [0.1, 0.15) is 23.5 Å². The molecule has 2 saturated heterocycles. The predicted octanol–water partition coefficient (Wildman–Crippen LogP) is 4.72. The first kappa shape index (κ1) is 29.4. The minimum atomic E-state index is -1.18.